The van der Waals surface area contributed by atoms with Crippen LogP contribution in [0.2, 0.25) is 10.0 Å². The van der Waals surface area contributed by atoms with Crippen LogP contribution in [0.1, 0.15) is 17.2 Å². The Morgan fingerprint density at radius 2 is 1.50 bits per heavy atom. The molecule has 1 nitrogen and oxygen atoms in total. The van der Waals surface area contributed by atoms with E-state index in [1.54, 1.807) is 18.2 Å². The molecule has 0 aliphatic carbocycles. The number of hydrogen-bond donors (Lipinski definition) is 1. The highest BCUT2D eigenvalue weighted by atomic mass is 35.5. The molecule has 0 bridgehead atoms. The molecule has 0 heterocycles. The van der Waals surface area contributed by atoms with Crippen LogP contribution in [0.25, 0.3) is 0 Å². The molecule has 1 atom stereocenters. The summed E-state index contributed by atoms with van der Waals surface area (Å²) in [7, 11) is 0. The maximum absolute atomic E-state index is 13.1. The average Bonchev–Trinajstić information content (AvgIpc) is 2.39. The molecule has 1 unspecified atom stereocenters. The first kappa shape index (κ1) is 15.2. The minimum atomic E-state index is -1.57. The first-order valence-electron chi connectivity index (χ1n) is 5.65. The van der Waals surface area contributed by atoms with Crippen LogP contribution in [0.3, 0.4) is 0 Å². The van der Waals surface area contributed by atoms with E-state index >= 15 is 0 Å². The lowest BCUT2D eigenvalue weighted by Crippen LogP contribution is -2.05. The summed E-state index contributed by atoms with van der Waals surface area (Å²) < 4.78 is 39.1. The average molecular weight is 321 g/mol. The molecule has 0 aliphatic heterocycles. The number of hydrogen-bond acceptors (Lipinski definition) is 1. The molecule has 0 saturated heterocycles. The lowest BCUT2D eigenvalue weighted by Gasteiger charge is -2.14. The highest BCUT2D eigenvalue weighted by Gasteiger charge is 2.18. The van der Waals surface area contributed by atoms with Gasteiger partial charge in [0.05, 0.1) is 6.10 Å². The number of rotatable bonds is 3. The van der Waals surface area contributed by atoms with Crippen LogP contribution >= 0.6 is 23.2 Å². The van der Waals surface area contributed by atoms with Crippen LogP contribution in [0.4, 0.5) is 13.2 Å². The first-order chi connectivity index (χ1) is 9.40. The molecular formula is C14H9Cl2F3O. The molecule has 0 saturated carbocycles. The lowest BCUT2D eigenvalue weighted by molar-refractivity contribution is 0.177. The minimum Gasteiger partial charge on any atom is -0.388 e. The Morgan fingerprint density at radius 1 is 1.00 bits per heavy atom. The largest absolute Gasteiger partial charge is 0.388 e. The van der Waals surface area contributed by atoms with Crippen molar-refractivity contribution in [1.82, 2.24) is 0 Å². The van der Waals surface area contributed by atoms with E-state index in [2.05, 4.69) is 0 Å². The minimum absolute atomic E-state index is 0.0387. The zero-order valence-corrected chi connectivity index (χ0v) is 11.5. The van der Waals surface area contributed by atoms with Gasteiger partial charge in [0.25, 0.3) is 0 Å². The number of halogens is 5. The van der Waals surface area contributed by atoms with E-state index in [1.165, 1.54) is 0 Å². The second kappa shape index (κ2) is 6.04. The molecule has 0 spiro atoms. The molecule has 0 amide bonds. The zero-order chi connectivity index (χ0) is 14.9. The van der Waals surface area contributed by atoms with Gasteiger partial charge in [-0.1, -0.05) is 29.3 Å². The van der Waals surface area contributed by atoms with Gasteiger partial charge in [-0.3, -0.25) is 0 Å². The van der Waals surface area contributed by atoms with Gasteiger partial charge in [-0.15, -0.1) is 0 Å². The zero-order valence-electron chi connectivity index (χ0n) is 10.0. The highest BCUT2D eigenvalue weighted by molar-refractivity contribution is 6.35. The van der Waals surface area contributed by atoms with Gasteiger partial charge in [-0.25, -0.2) is 13.2 Å². The van der Waals surface area contributed by atoms with Crippen molar-refractivity contribution < 1.29 is 18.3 Å². The van der Waals surface area contributed by atoms with Crippen molar-refractivity contribution in [2.75, 3.05) is 0 Å². The molecule has 2 aromatic rings. The number of aliphatic hydroxyl groups is 1. The van der Waals surface area contributed by atoms with Crippen molar-refractivity contribution in [3.8, 4) is 0 Å². The Bertz CT molecular complexity index is 603. The van der Waals surface area contributed by atoms with E-state index in [9.17, 15) is 18.3 Å². The van der Waals surface area contributed by atoms with Gasteiger partial charge in [-0.2, -0.15) is 0 Å². The molecule has 0 aliphatic rings. The van der Waals surface area contributed by atoms with E-state index < -0.39 is 23.6 Å². The maximum Gasteiger partial charge on any atom is 0.194 e. The summed E-state index contributed by atoms with van der Waals surface area (Å²) in [5, 5.41) is 10.7. The van der Waals surface area contributed by atoms with Crippen LogP contribution in [-0.4, -0.2) is 5.11 Å². The van der Waals surface area contributed by atoms with Gasteiger partial charge in [0, 0.05) is 16.5 Å². The summed E-state index contributed by atoms with van der Waals surface area (Å²) in [6.07, 6.45) is -1.29. The molecule has 0 aromatic heterocycles. The standard InChI is InChI=1S/C14H9Cl2F3O/c15-9-2-1-3-10(16)8(9)6-13(20)7-4-11(17)14(19)12(18)5-7/h1-5,13,20H,6H2. The van der Waals surface area contributed by atoms with Gasteiger partial charge in [0.15, 0.2) is 17.5 Å². The van der Waals surface area contributed by atoms with Gasteiger partial charge in [0.2, 0.25) is 0 Å². The second-order valence-corrected chi connectivity index (χ2v) is 5.03. The summed E-state index contributed by atoms with van der Waals surface area (Å²) in [5.41, 5.74) is 0.367. The van der Waals surface area contributed by atoms with Crippen molar-refractivity contribution in [2.45, 2.75) is 12.5 Å². The summed E-state index contributed by atoms with van der Waals surface area (Å²) in [6, 6.07) is 6.29. The lowest BCUT2D eigenvalue weighted by atomic mass is 10.0. The Morgan fingerprint density at radius 3 is 2.00 bits per heavy atom. The van der Waals surface area contributed by atoms with Gasteiger partial charge in [-0.05, 0) is 35.4 Å². The van der Waals surface area contributed by atoms with Crippen molar-refractivity contribution >= 4 is 23.2 Å². The normalized spacial score (nSPS) is 12.5. The van der Waals surface area contributed by atoms with Crippen LogP contribution in [0.5, 0.6) is 0 Å². The van der Waals surface area contributed by atoms with Crippen LogP contribution < -0.4 is 0 Å². The number of benzene rings is 2. The van der Waals surface area contributed by atoms with Crippen LogP contribution in [0.15, 0.2) is 30.3 Å². The smallest absolute Gasteiger partial charge is 0.194 e. The topological polar surface area (TPSA) is 20.2 Å². The summed E-state index contributed by atoms with van der Waals surface area (Å²) >= 11 is 11.9. The molecule has 106 valence electrons. The van der Waals surface area contributed by atoms with Gasteiger partial charge < -0.3 is 5.11 Å². The highest BCUT2D eigenvalue weighted by Crippen LogP contribution is 2.30. The van der Waals surface area contributed by atoms with Crippen molar-refractivity contribution in [1.29, 1.82) is 0 Å². The summed E-state index contributed by atoms with van der Waals surface area (Å²) in [6.45, 7) is 0. The van der Waals surface area contributed by atoms with Crippen molar-refractivity contribution in [3.63, 3.8) is 0 Å². The third-order valence-electron chi connectivity index (χ3n) is 2.85. The SMILES string of the molecule is OC(Cc1c(Cl)cccc1Cl)c1cc(F)c(F)c(F)c1. The second-order valence-electron chi connectivity index (χ2n) is 4.22. The molecule has 2 rings (SSSR count). The predicted octanol–water partition coefficient (Wildman–Crippen LogP) is 4.69. The first-order valence-corrected chi connectivity index (χ1v) is 6.41. The third kappa shape index (κ3) is 3.08. The molecule has 6 heteroatoms. The summed E-state index contributed by atoms with van der Waals surface area (Å²) in [5.74, 6) is -4.29. The molecule has 1 N–H and O–H groups in total. The molecule has 0 fully saturated rings. The number of aliphatic hydroxyl groups excluding tert-OH is 1. The predicted molar refractivity (Wildman–Crippen MR) is 71.4 cm³/mol. The molecule has 20 heavy (non-hydrogen) atoms. The Hall–Kier alpha value is -1.23. The molecule has 2 aromatic carbocycles. The van der Waals surface area contributed by atoms with Gasteiger partial charge >= 0.3 is 0 Å². The molecular weight excluding hydrogens is 312 g/mol. The monoisotopic (exact) mass is 320 g/mol. The van der Waals surface area contributed by atoms with Crippen LogP contribution in [0, 0.1) is 17.5 Å². The van der Waals surface area contributed by atoms with E-state index in [-0.39, 0.29) is 12.0 Å². The summed E-state index contributed by atoms with van der Waals surface area (Å²) in [4.78, 5) is 0. The van der Waals surface area contributed by atoms with Crippen molar-refractivity contribution in [2.24, 2.45) is 0 Å². The Kier molecular flexibility index (Phi) is 4.58. The van der Waals surface area contributed by atoms with E-state index in [4.69, 9.17) is 23.2 Å². The van der Waals surface area contributed by atoms with Crippen molar-refractivity contribution in [3.05, 3.63) is 69.0 Å². The third-order valence-corrected chi connectivity index (χ3v) is 3.56. The fraction of sp³-hybridized carbons (Fsp3) is 0.143. The Labute approximate surface area is 123 Å². The quantitative estimate of drug-likeness (QED) is 0.814. The van der Waals surface area contributed by atoms with E-state index in [0.29, 0.717) is 15.6 Å². The fourth-order valence-corrected chi connectivity index (χ4v) is 2.36. The fourth-order valence-electron chi connectivity index (χ4n) is 1.81. The Balaban J connectivity index is 2.31. The van der Waals surface area contributed by atoms with E-state index in [1.807, 2.05) is 0 Å². The van der Waals surface area contributed by atoms with Crippen LogP contribution in [-0.2, 0) is 6.42 Å². The maximum atomic E-state index is 13.1. The molecule has 0 radical (unpaired) electrons. The van der Waals surface area contributed by atoms with E-state index in [0.717, 1.165) is 12.1 Å². The van der Waals surface area contributed by atoms with Gasteiger partial charge in [0.1, 0.15) is 0 Å².